The number of methoxy groups -OCH3 is 1. The second kappa shape index (κ2) is 7.84. The molecule has 0 aliphatic rings. The van der Waals surface area contributed by atoms with Gasteiger partial charge in [-0.05, 0) is 52.7 Å². The number of para-hydroxylation sites is 1. The van der Waals surface area contributed by atoms with Crippen LogP contribution in [0.25, 0.3) is 0 Å². The number of halogens is 1. The third kappa shape index (κ3) is 4.01. The van der Waals surface area contributed by atoms with E-state index in [0.717, 1.165) is 16.6 Å². The van der Waals surface area contributed by atoms with Gasteiger partial charge in [0, 0.05) is 10.0 Å². The second-order valence-corrected chi connectivity index (χ2v) is 5.50. The standard InChI is InChI=1S/C17H18BrNO3/c1-3-10-22-15-9-8-12(11-16(15)21-2)17(20)19-14-7-5-4-6-13(14)18/h4-9,11H,3,10H2,1-2H3,(H,19,20). The Bertz CT molecular complexity index is 658. The van der Waals surface area contributed by atoms with Crippen molar-refractivity contribution in [2.45, 2.75) is 13.3 Å². The summed E-state index contributed by atoms with van der Waals surface area (Å²) in [5, 5.41) is 2.86. The lowest BCUT2D eigenvalue weighted by Gasteiger charge is -2.12. The molecule has 0 aromatic heterocycles. The van der Waals surface area contributed by atoms with E-state index in [1.165, 1.54) is 0 Å². The van der Waals surface area contributed by atoms with E-state index in [0.29, 0.717) is 23.7 Å². The van der Waals surface area contributed by atoms with Gasteiger partial charge in [0.1, 0.15) is 0 Å². The smallest absolute Gasteiger partial charge is 0.255 e. The number of hydrogen-bond acceptors (Lipinski definition) is 3. The molecule has 0 spiro atoms. The van der Waals surface area contributed by atoms with Gasteiger partial charge in [-0.15, -0.1) is 0 Å². The van der Waals surface area contributed by atoms with Gasteiger partial charge in [-0.1, -0.05) is 19.1 Å². The second-order valence-electron chi connectivity index (χ2n) is 4.65. The van der Waals surface area contributed by atoms with Crippen molar-refractivity contribution < 1.29 is 14.3 Å². The number of carbonyl (C=O) groups is 1. The number of anilines is 1. The molecule has 0 saturated carbocycles. The van der Waals surface area contributed by atoms with Crippen molar-refractivity contribution in [1.82, 2.24) is 0 Å². The van der Waals surface area contributed by atoms with Crippen molar-refractivity contribution in [3.63, 3.8) is 0 Å². The summed E-state index contributed by atoms with van der Waals surface area (Å²) in [6.45, 7) is 2.64. The first-order valence-corrected chi connectivity index (χ1v) is 7.81. The van der Waals surface area contributed by atoms with Crippen LogP contribution in [0.3, 0.4) is 0 Å². The molecule has 0 atom stereocenters. The third-order valence-corrected chi connectivity index (χ3v) is 3.70. The highest BCUT2D eigenvalue weighted by Crippen LogP contribution is 2.29. The number of nitrogens with one attached hydrogen (secondary N) is 1. The average Bonchev–Trinajstić information content (AvgIpc) is 2.54. The van der Waals surface area contributed by atoms with Crippen LogP contribution in [0, 0.1) is 0 Å². The summed E-state index contributed by atoms with van der Waals surface area (Å²) in [7, 11) is 1.56. The van der Waals surface area contributed by atoms with Gasteiger partial charge in [0.05, 0.1) is 19.4 Å². The van der Waals surface area contributed by atoms with E-state index in [1.807, 2.05) is 31.2 Å². The number of benzene rings is 2. The van der Waals surface area contributed by atoms with Gasteiger partial charge >= 0.3 is 0 Å². The van der Waals surface area contributed by atoms with Crippen molar-refractivity contribution >= 4 is 27.5 Å². The molecule has 2 rings (SSSR count). The average molecular weight is 364 g/mol. The van der Waals surface area contributed by atoms with E-state index in [9.17, 15) is 4.79 Å². The Balaban J connectivity index is 2.18. The number of carbonyl (C=O) groups excluding carboxylic acids is 1. The maximum absolute atomic E-state index is 12.3. The van der Waals surface area contributed by atoms with Crippen LogP contribution in [0.1, 0.15) is 23.7 Å². The molecule has 1 N–H and O–H groups in total. The van der Waals surface area contributed by atoms with Crippen LogP contribution in [0.15, 0.2) is 46.9 Å². The normalized spacial score (nSPS) is 10.1. The molecule has 0 aliphatic heterocycles. The van der Waals surface area contributed by atoms with Crippen LogP contribution in [0.2, 0.25) is 0 Å². The fourth-order valence-corrected chi connectivity index (χ4v) is 2.28. The third-order valence-electron chi connectivity index (χ3n) is 3.01. The van der Waals surface area contributed by atoms with Crippen LogP contribution in [0.5, 0.6) is 11.5 Å². The fourth-order valence-electron chi connectivity index (χ4n) is 1.90. The Morgan fingerprint density at radius 1 is 1.18 bits per heavy atom. The van der Waals surface area contributed by atoms with Crippen molar-refractivity contribution in [3.8, 4) is 11.5 Å². The van der Waals surface area contributed by atoms with Crippen molar-refractivity contribution in [3.05, 3.63) is 52.5 Å². The van der Waals surface area contributed by atoms with Crippen LogP contribution >= 0.6 is 15.9 Å². The Morgan fingerprint density at radius 2 is 1.95 bits per heavy atom. The molecule has 4 nitrogen and oxygen atoms in total. The highest BCUT2D eigenvalue weighted by molar-refractivity contribution is 9.10. The lowest BCUT2D eigenvalue weighted by atomic mass is 10.2. The molecule has 22 heavy (non-hydrogen) atoms. The van der Waals surface area contributed by atoms with Crippen LogP contribution in [0.4, 0.5) is 5.69 Å². The Kier molecular flexibility index (Phi) is 5.83. The number of rotatable bonds is 6. The minimum atomic E-state index is -0.202. The zero-order valence-electron chi connectivity index (χ0n) is 12.6. The molecule has 0 aliphatic carbocycles. The first kappa shape index (κ1) is 16.4. The largest absolute Gasteiger partial charge is 0.493 e. The van der Waals surface area contributed by atoms with Crippen molar-refractivity contribution in [2.75, 3.05) is 19.0 Å². The molecule has 0 fully saturated rings. The Hall–Kier alpha value is -2.01. The summed E-state index contributed by atoms with van der Waals surface area (Å²) < 4.78 is 11.7. The maximum atomic E-state index is 12.3. The monoisotopic (exact) mass is 363 g/mol. The van der Waals surface area contributed by atoms with Gasteiger partial charge in [-0.25, -0.2) is 0 Å². The van der Waals surface area contributed by atoms with E-state index in [-0.39, 0.29) is 5.91 Å². The van der Waals surface area contributed by atoms with E-state index in [2.05, 4.69) is 21.2 Å². The van der Waals surface area contributed by atoms with Gasteiger partial charge in [0.15, 0.2) is 11.5 Å². The summed E-state index contributed by atoms with van der Waals surface area (Å²) in [5.41, 5.74) is 1.23. The highest BCUT2D eigenvalue weighted by atomic mass is 79.9. The van der Waals surface area contributed by atoms with Crippen LogP contribution in [-0.2, 0) is 0 Å². The predicted molar refractivity (Wildman–Crippen MR) is 90.9 cm³/mol. The van der Waals surface area contributed by atoms with Crippen LogP contribution in [-0.4, -0.2) is 19.6 Å². The van der Waals surface area contributed by atoms with E-state index < -0.39 is 0 Å². The van der Waals surface area contributed by atoms with Gasteiger partial charge in [0.25, 0.3) is 5.91 Å². The topological polar surface area (TPSA) is 47.6 Å². The first-order valence-electron chi connectivity index (χ1n) is 7.02. The van der Waals surface area contributed by atoms with Crippen molar-refractivity contribution in [1.29, 1.82) is 0 Å². The summed E-state index contributed by atoms with van der Waals surface area (Å²) in [6, 6.07) is 12.6. The molecular weight excluding hydrogens is 346 g/mol. The molecule has 0 saturated heterocycles. The van der Waals surface area contributed by atoms with Crippen molar-refractivity contribution in [2.24, 2.45) is 0 Å². The highest BCUT2D eigenvalue weighted by Gasteiger charge is 2.12. The molecule has 0 unspecified atom stereocenters. The van der Waals surface area contributed by atoms with E-state index in [1.54, 1.807) is 25.3 Å². The molecular formula is C17H18BrNO3. The molecule has 0 radical (unpaired) electrons. The predicted octanol–water partition coefficient (Wildman–Crippen LogP) is 4.50. The van der Waals surface area contributed by atoms with E-state index >= 15 is 0 Å². The fraction of sp³-hybridized carbons (Fsp3) is 0.235. The molecule has 0 heterocycles. The number of amides is 1. The lowest BCUT2D eigenvalue weighted by molar-refractivity contribution is 0.102. The van der Waals surface area contributed by atoms with Gasteiger partial charge in [-0.2, -0.15) is 0 Å². The Morgan fingerprint density at radius 3 is 2.64 bits per heavy atom. The summed E-state index contributed by atoms with van der Waals surface area (Å²) >= 11 is 3.41. The SMILES string of the molecule is CCCOc1ccc(C(=O)Nc2ccccc2Br)cc1OC. The summed E-state index contributed by atoms with van der Waals surface area (Å²) in [4.78, 5) is 12.3. The zero-order valence-corrected chi connectivity index (χ0v) is 14.1. The van der Waals surface area contributed by atoms with Gasteiger partial charge in [0.2, 0.25) is 0 Å². The molecule has 2 aromatic rings. The minimum absolute atomic E-state index is 0.202. The summed E-state index contributed by atoms with van der Waals surface area (Å²) in [6.07, 6.45) is 0.910. The van der Waals surface area contributed by atoms with Gasteiger partial charge < -0.3 is 14.8 Å². The molecule has 5 heteroatoms. The van der Waals surface area contributed by atoms with E-state index in [4.69, 9.17) is 9.47 Å². The minimum Gasteiger partial charge on any atom is -0.493 e. The lowest BCUT2D eigenvalue weighted by Crippen LogP contribution is -2.12. The molecule has 1 amide bonds. The number of hydrogen-bond donors (Lipinski definition) is 1. The maximum Gasteiger partial charge on any atom is 0.255 e. The van der Waals surface area contributed by atoms with Gasteiger partial charge in [-0.3, -0.25) is 4.79 Å². The Labute approximate surface area is 138 Å². The molecule has 0 bridgehead atoms. The molecule has 2 aromatic carbocycles. The summed E-state index contributed by atoms with van der Waals surface area (Å²) in [5.74, 6) is 0.988. The zero-order chi connectivity index (χ0) is 15.9. The number of ether oxygens (including phenoxy) is 2. The first-order chi connectivity index (χ1) is 10.7. The van der Waals surface area contributed by atoms with Crippen LogP contribution < -0.4 is 14.8 Å². The molecule has 116 valence electrons. The quantitative estimate of drug-likeness (QED) is 0.821.